The van der Waals surface area contributed by atoms with E-state index in [0.717, 1.165) is 82.8 Å². The fourth-order valence-corrected chi connectivity index (χ4v) is 4.60. The van der Waals surface area contributed by atoms with Crippen molar-refractivity contribution in [3.63, 3.8) is 0 Å². The topological polar surface area (TPSA) is 65.0 Å². The monoisotopic (exact) mass is 387 g/mol. The summed E-state index contributed by atoms with van der Waals surface area (Å²) in [6, 6.07) is 4.27. The SMILES string of the molecule is O=C1Nc2cc3c(cc2OC1CCCN1CCN(CCCO)CC1)CCCC3. The quantitative estimate of drug-likeness (QED) is 0.750. The molecule has 3 aliphatic rings. The Morgan fingerprint density at radius 3 is 2.32 bits per heavy atom. The number of rotatable bonds is 7. The van der Waals surface area contributed by atoms with Crippen molar-refractivity contribution in [3.05, 3.63) is 23.3 Å². The number of carbonyl (C=O) groups excluding carboxylic acids is 1. The number of ether oxygens (including phenoxy) is 1. The first-order valence-electron chi connectivity index (χ1n) is 10.9. The van der Waals surface area contributed by atoms with E-state index in [4.69, 9.17) is 9.84 Å². The molecule has 0 aromatic heterocycles. The van der Waals surface area contributed by atoms with E-state index in [9.17, 15) is 4.79 Å². The molecule has 28 heavy (non-hydrogen) atoms. The Morgan fingerprint density at radius 2 is 1.64 bits per heavy atom. The van der Waals surface area contributed by atoms with Crippen LogP contribution in [-0.4, -0.2) is 72.8 Å². The van der Waals surface area contributed by atoms with E-state index in [1.807, 2.05) is 0 Å². The lowest BCUT2D eigenvalue weighted by atomic mass is 9.90. The van der Waals surface area contributed by atoms with Crippen molar-refractivity contribution in [1.82, 2.24) is 9.80 Å². The first kappa shape index (κ1) is 19.7. The first-order chi connectivity index (χ1) is 13.7. The van der Waals surface area contributed by atoms with Crippen LogP contribution in [0, 0.1) is 0 Å². The van der Waals surface area contributed by atoms with Crippen molar-refractivity contribution < 1.29 is 14.6 Å². The molecule has 2 N–H and O–H groups in total. The number of nitrogens with zero attached hydrogens (tertiary/aromatic N) is 2. The van der Waals surface area contributed by atoms with Crippen LogP contribution >= 0.6 is 0 Å². The summed E-state index contributed by atoms with van der Waals surface area (Å²) in [6.45, 7) is 6.55. The van der Waals surface area contributed by atoms with Gasteiger partial charge < -0.3 is 25.0 Å². The third-order valence-corrected chi connectivity index (χ3v) is 6.30. The van der Waals surface area contributed by atoms with Crippen LogP contribution in [-0.2, 0) is 17.6 Å². The Bertz CT molecular complexity index is 686. The van der Waals surface area contributed by atoms with Gasteiger partial charge in [0.15, 0.2) is 6.10 Å². The van der Waals surface area contributed by atoms with Crippen LogP contribution in [0.1, 0.15) is 43.2 Å². The Balaban J connectivity index is 1.24. The highest BCUT2D eigenvalue weighted by atomic mass is 16.5. The number of anilines is 1. The van der Waals surface area contributed by atoms with Gasteiger partial charge in [0.25, 0.3) is 5.91 Å². The van der Waals surface area contributed by atoms with Crippen molar-refractivity contribution in [2.24, 2.45) is 0 Å². The molecule has 154 valence electrons. The summed E-state index contributed by atoms with van der Waals surface area (Å²) in [5.41, 5.74) is 3.60. The predicted octanol–water partition coefficient (Wildman–Crippen LogP) is 2.05. The van der Waals surface area contributed by atoms with Gasteiger partial charge in [0.1, 0.15) is 5.75 Å². The number of hydrogen-bond acceptors (Lipinski definition) is 5. The highest BCUT2D eigenvalue weighted by Gasteiger charge is 2.29. The maximum absolute atomic E-state index is 12.5. The molecule has 1 atom stereocenters. The lowest BCUT2D eigenvalue weighted by Crippen LogP contribution is -2.47. The van der Waals surface area contributed by atoms with Crippen molar-refractivity contribution in [2.75, 3.05) is 51.2 Å². The smallest absolute Gasteiger partial charge is 0.265 e. The zero-order chi connectivity index (χ0) is 19.3. The Hall–Kier alpha value is -1.63. The summed E-state index contributed by atoms with van der Waals surface area (Å²) in [5, 5.41) is 12.0. The fourth-order valence-electron chi connectivity index (χ4n) is 4.60. The third-order valence-electron chi connectivity index (χ3n) is 6.30. The van der Waals surface area contributed by atoms with Crippen molar-refractivity contribution in [3.8, 4) is 5.75 Å². The molecule has 6 nitrogen and oxygen atoms in total. The lowest BCUT2D eigenvalue weighted by Gasteiger charge is -2.35. The van der Waals surface area contributed by atoms with Gasteiger partial charge in [-0.25, -0.2) is 0 Å². The van der Waals surface area contributed by atoms with Crippen LogP contribution in [0.4, 0.5) is 5.69 Å². The number of benzene rings is 1. The zero-order valence-electron chi connectivity index (χ0n) is 16.8. The first-order valence-corrected chi connectivity index (χ1v) is 10.9. The Labute approximate surface area is 167 Å². The Morgan fingerprint density at radius 1 is 1.00 bits per heavy atom. The van der Waals surface area contributed by atoms with E-state index in [-0.39, 0.29) is 18.6 Å². The van der Waals surface area contributed by atoms with E-state index in [2.05, 4.69) is 27.2 Å². The van der Waals surface area contributed by atoms with E-state index in [1.54, 1.807) is 0 Å². The summed E-state index contributed by atoms with van der Waals surface area (Å²) in [5.74, 6) is 0.847. The standard InChI is InChI=1S/C22H33N3O3/c26-14-4-9-25-12-10-24(11-13-25)8-3-7-20-22(27)23-19-15-17-5-1-2-6-18(17)16-21(19)28-20/h15-16,20,26H,1-14H2,(H,23,27). The molecule has 0 spiro atoms. The number of piperazine rings is 1. The highest BCUT2D eigenvalue weighted by Crippen LogP contribution is 2.36. The molecular formula is C22H33N3O3. The average Bonchev–Trinajstić information content (AvgIpc) is 2.72. The second kappa shape index (κ2) is 9.25. The second-order valence-corrected chi connectivity index (χ2v) is 8.32. The maximum atomic E-state index is 12.5. The number of amides is 1. The minimum absolute atomic E-state index is 0.00270. The molecular weight excluding hydrogens is 354 g/mol. The second-order valence-electron chi connectivity index (χ2n) is 8.32. The molecule has 1 amide bonds. The van der Waals surface area contributed by atoms with Crippen molar-refractivity contribution >= 4 is 11.6 Å². The van der Waals surface area contributed by atoms with Gasteiger partial charge in [0, 0.05) is 39.3 Å². The molecule has 1 saturated heterocycles. The molecule has 1 unspecified atom stereocenters. The summed E-state index contributed by atoms with van der Waals surface area (Å²) < 4.78 is 6.10. The summed E-state index contributed by atoms with van der Waals surface area (Å²) in [4.78, 5) is 17.4. The number of hydrogen-bond donors (Lipinski definition) is 2. The maximum Gasteiger partial charge on any atom is 0.265 e. The minimum atomic E-state index is -0.375. The van der Waals surface area contributed by atoms with E-state index < -0.39 is 0 Å². The van der Waals surface area contributed by atoms with E-state index in [1.165, 1.54) is 24.0 Å². The number of aliphatic hydroxyl groups is 1. The molecule has 0 saturated carbocycles. The van der Waals surface area contributed by atoms with Gasteiger partial charge in [-0.15, -0.1) is 0 Å². The molecule has 1 fully saturated rings. The summed E-state index contributed by atoms with van der Waals surface area (Å²) >= 11 is 0. The number of aryl methyl sites for hydroxylation is 2. The number of fused-ring (bicyclic) bond motifs is 2. The van der Waals surface area contributed by atoms with E-state index in [0.29, 0.717) is 0 Å². The summed E-state index contributed by atoms with van der Waals surface area (Å²) in [7, 11) is 0. The van der Waals surface area contributed by atoms with Crippen molar-refractivity contribution in [2.45, 2.75) is 51.0 Å². The molecule has 1 aromatic carbocycles. The average molecular weight is 388 g/mol. The minimum Gasteiger partial charge on any atom is -0.478 e. The highest BCUT2D eigenvalue weighted by molar-refractivity contribution is 5.97. The Kier molecular flexibility index (Phi) is 6.50. The van der Waals surface area contributed by atoms with Gasteiger partial charge in [0.05, 0.1) is 5.69 Å². The molecule has 0 radical (unpaired) electrons. The molecule has 6 heteroatoms. The molecule has 0 bridgehead atoms. The van der Waals surface area contributed by atoms with Gasteiger partial charge in [0.2, 0.25) is 0 Å². The van der Waals surface area contributed by atoms with Crippen LogP contribution in [0.2, 0.25) is 0 Å². The fraction of sp³-hybridized carbons (Fsp3) is 0.682. The van der Waals surface area contributed by atoms with Crippen LogP contribution in [0.3, 0.4) is 0 Å². The number of nitrogens with one attached hydrogen (secondary N) is 1. The number of aliphatic hydroxyl groups excluding tert-OH is 1. The van der Waals surface area contributed by atoms with Gasteiger partial charge in [-0.05, 0) is 74.8 Å². The van der Waals surface area contributed by atoms with Crippen LogP contribution in [0.5, 0.6) is 5.75 Å². The molecule has 4 rings (SSSR count). The zero-order valence-corrected chi connectivity index (χ0v) is 16.8. The van der Waals surface area contributed by atoms with Gasteiger partial charge >= 0.3 is 0 Å². The van der Waals surface area contributed by atoms with E-state index >= 15 is 0 Å². The number of carbonyl (C=O) groups is 1. The largest absolute Gasteiger partial charge is 0.478 e. The van der Waals surface area contributed by atoms with Crippen LogP contribution < -0.4 is 10.1 Å². The van der Waals surface area contributed by atoms with Gasteiger partial charge in [-0.2, -0.15) is 0 Å². The summed E-state index contributed by atoms with van der Waals surface area (Å²) in [6.07, 6.45) is 6.92. The van der Waals surface area contributed by atoms with Crippen molar-refractivity contribution in [1.29, 1.82) is 0 Å². The van der Waals surface area contributed by atoms with Gasteiger partial charge in [-0.3, -0.25) is 4.79 Å². The molecule has 2 aliphatic heterocycles. The normalized spacial score (nSPS) is 22.9. The van der Waals surface area contributed by atoms with Crippen LogP contribution in [0.25, 0.3) is 0 Å². The molecule has 2 heterocycles. The third kappa shape index (κ3) is 4.67. The lowest BCUT2D eigenvalue weighted by molar-refractivity contribution is -0.123. The predicted molar refractivity (Wildman–Crippen MR) is 110 cm³/mol. The molecule has 1 aromatic rings. The van der Waals surface area contributed by atoms with Crippen LogP contribution in [0.15, 0.2) is 12.1 Å². The molecule has 1 aliphatic carbocycles. The van der Waals surface area contributed by atoms with Gasteiger partial charge in [-0.1, -0.05) is 0 Å².